The molecule has 6 heteroatoms. The number of nitrogens with one attached hydrogen (secondary N) is 1. The molecule has 0 spiro atoms. The molecule has 6 nitrogen and oxygen atoms in total. The molecule has 2 atom stereocenters. The number of amides is 1. The molecule has 0 aliphatic rings. The number of rotatable bonds is 65. The van der Waals surface area contributed by atoms with Gasteiger partial charge in [0.1, 0.15) is 0 Å². The second-order valence-corrected chi connectivity index (χ2v) is 23.9. The van der Waals surface area contributed by atoms with Crippen LogP contribution in [0.4, 0.5) is 0 Å². The van der Waals surface area contributed by atoms with Crippen LogP contribution in [0, 0.1) is 0 Å². The van der Waals surface area contributed by atoms with Crippen LogP contribution >= 0.6 is 0 Å². The quantitative estimate of drug-likeness (QED) is 0.0320. The van der Waals surface area contributed by atoms with Crippen molar-refractivity contribution >= 4 is 11.9 Å². The van der Waals surface area contributed by atoms with Crippen molar-refractivity contribution in [2.24, 2.45) is 0 Å². The predicted octanol–water partition coefficient (Wildman–Crippen LogP) is 22.0. The van der Waals surface area contributed by atoms with Crippen LogP contribution in [0.15, 0.2) is 12.2 Å². The highest BCUT2D eigenvalue weighted by Crippen LogP contribution is 2.19. The fourth-order valence-electron chi connectivity index (χ4n) is 11.1. The minimum atomic E-state index is -0.839. The second-order valence-electron chi connectivity index (χ2n) is 23.9. The molecule has 0 saturated heterocycles. The summed E-state index contributed by atoms with van der Waals surface area (Å²) in [7, 11) is 0. The standard InChI is InChI=1S/C69H135NO5/c1-3-5-7-9-11-13-15-16-17-18-34-37-40-43-47-51-55-59-63-69(74)75-64-60-56-52-48-44-41-38-35-32-30-28-26-24-22-20-19-21-23-25-27-29-31-33-36-39-42-46-50-54-58-62-68(73)70-66(65-71)67(72)61-57-53-49-45-14-12-10-8-6-4-2/h57,61,66-67,71-72H,3-56,58-60,62-65H2,1-2H3,(H,70,73)/b61-57+. The molecule has 75 heavy (non-hydrogen) atoms. The van der Waals surface area contributed by atoms with E-state index in [1.807, 2.05) is 6.08 Å². The maximum Gasteiger partial charge on any atom is 0.305 e. The van der Waals surface area contributed by atoms with Crippen LogP contribution in [0.3, 0.4) is 0 Å². The van der Waals surface area contributed by atoms with Gasteiger partial charge < -0.3 is 20.3 Å². The van der Waals surface area contributed by atoms with Crippen LogP contribution in [0.1, 0.15) is 393 Å². The van der Waals surface area contributed by atoms with Gasteiger partial charge in [-0.25, -0.2) is 0 Å². The first-order valence-corrected chi connectivity index (χ1v) is 34.5. The molecule has 0 aromatic rings. The van der Waals surface area contributed by atoms with Gasteiger partial charge in [0.25, 0.3) is 0 Å². The van der Waals surface area contributed by atoms with E-state index in [1.165, 1.54) is 327 Å². The molecule has 0 heterocycles. The van der Waals surface area contributed by atoms with Gasteiger partial charge in [0.15, 0.2) is 0 Å². The molecular formula is C69H135NO5. The van der Waals surface area contributed by atoms with E-state index in [1.54, 1.807) is 6.08 Å². The SMILES string of the molecule is CCCCCCCCCC/C=C/C(O)C(CO)NC(=O)CCCCCCCCCCCCCCCCCCCCCCCCCCCCCCCCOC(=O)CCCCCCCCCCCCCCCCCCCC. The number of esters is 1. The van der Waals surface area contributed by atoms with Gasteiger partial charge in [-0.3, -0.25) is 9.59 Å². The van der Waals surface area contributed by atoms with Crippen LogP contribution in [0.2, 0.25) is 0 Å². The number of unbranched alkanes of at least 4 members (excludes halogenated alkanes) is 54. The van der Waals surface area contributed by atoms with E-state index < -0.39 is 12.1 Å². The van der Waals surface area contributed by atoms with Gasteiger partial charge in [-0.05, 0) is 32.1 Å². The van der Waals surface area contributed by atoms with Gasteiger partial charge in [0.05, 0.1) is 25.4 Å². The smallest absolute Gasteiger partial charge is 0.305 e. The summed E-state index contributed by atoms with van der Waals surface area (Å²) in [5, 5.41) is 23.0. The van der Waals surface area contributed by atoms with Gasteiger partial charge in [0.2, 0.25) is 5.91 Å². The van der Waals surface area contributed by atoms with Gasteiger partial charge in [-0.2, -0.15) is 0 Å². The Morgan fingerprint density at radius 3 is 0.907 bits per heavy atom. The Morgan fingerprint density at radius 1 is 0.360 bits per heavy atom. The van der Waals surface area contributed by atoms with Crippen molar-refractivity contribution in [3.05, 3.63) is 12.2 Å². The molecule has 0 fully saturated rings. The van der Waals surface area contributed by atoms with Crippen molar-refractivity contribution in [2.75, 3.05) is 13.2 Å². The summed E-state index contributed by atoms with van der Waals surface area (Å²) in [4.78, 5) is 24.5. The largest absolute Gasteiger partial charge is 0.466 e. The van der Waals surface area contributed by atoms with Crippen LogP contribution in [0.5, 0.6) is 0 Å². The fraction of sp³-hybridized carbons (Fsp3) is 0.942. The number of aliphatic hydroxyl groups excluding tert-OH is 2. The van der Waals surface area contributed by atoms with Crippen molar-refractivity contribution in [1.29, 1.82) is 0 Å². The van der Waals surface area contributed by atoms with E-state index in [9.17, 15) is 19.8 Å². The number of allylic oxidation sites excluding steroid dienone is 1. The van der Waals surface area contributed by atoms with Crippen molar-refractivity contribution in [1.82, 2.24) is 5.32 Å². The Hall–Kier alpha value is -1.40. The van der Waals surface area contributed by atoms with Gasteiger partial charge in [0, 0.05) is 12.8 Å². The zero-order valence-corrected chi connectivity index (χ0v) is 51.1. The lowest BCUT2D eigenvalue weighted by molar-refractivity contribution is -0.143. The zero-order chi connectivity index (χ0) is 54.3. The number of hydrogen-bond donors (Lipinski definition) is 3. The molecular weight excluding hydrogens is 923 g/mol. The average Bonchev–Trinajstić information content (AvgIpc) is 3.41. The first kappa shape index (κ1) is 73.6. The molecule has 0 radical (unpaired) electrons. The average molecular weight is 1060 g/mol. The van der Waals surface area contributed by atoms with Crippen LogP contribution in [0.25, 0.3) is 0 Å². The molecule has 0 aromatic heterocycles. The van der Waals surface area contributed by atoms with Crippen LogP contribution in [-0.4, -0.2) is 47.4 Å². The maximum atomic E-state index is 12.4. The molecule has 3 N–H and O–H groups in total. The molecule has 0 saturated carbocycles. The summed E-state index contributed by atoms with van der Waals surface area (Å²) >= 11 is 0. The molecule has 0 aliphatic carbocycles. The second kappa shape index (κ2) is 65.1. The predicted molar refractivity (Wildman–Crippen MR) is 329 cm³/mol. The summed E-state index contributed by atoms with van der Waals surface area (Å²) in [6.07, 6.45) is 80.2. The van der Waals surface area contributed by atoms with E-state index in [2.05, 4.69) is 19.2 Å². The van der Waals surface area contributed by atoms with Crippen molar-refractivity contribution in [3.8, 4) is 0 Å². The number of carbonyl (C=O) groups is 2. The molecule has 0 aromatic carbocycles. The third-order valence-corrected chi connectivity index (χ3v) is 16.3. The number of hydrogen-bond acceptors (Lipinski definition) is 5. The van der Waals surface area contributed by atoms with Crippen molar-refractivity contribution in [3.63, 3.8) is 0 Å². The molecule has 0 aliphatic heterocycles. The van der Waals surface area contributed by atoms with Crippen molar-refractivity contribution in [2.45, 2.75) is 405 Å². The topological polar surface area (TPSA) is 95.9 Å². The summed E-state index contributed by atoms with van der Waals surface area (Å²) in [5.41, 5.74) is 0. The molecule has 0 rings (SSSR count). The summed E-state index contributed by atoms with van der Waals surface area (Å²) < 4.78 is 5.51. The van der Waals surface area contributed by atoms with Crippen LogP contribution in [-0.2, 0) is 14.3 Å². The summed E-state index contributed by atoms with van der Waals surface area (Å²) in [6.45, 7) is 4.92. The Bertz CT molecular complexity index is 1130. The van der Waals surface area contributed by atoms with E-state index in [-0.39, 0.29) is 18.5 Å². The van der Waals surface area contributed by atoms with E-state index >= 15 is 0 Å². The first-order valence-electron chi connectivity index (χ1n) is 34.5. The van der Waals surface area contributed by atoms with E-state index in [0.29, 0.717) is 19.4 Å². The Morgan fingerprint density at radius 2 is 0.613 bits per heavy atom. The normalized spacial score (nSPS) is 12.5. The van der Waals surface area contributed by atoms with E-state index in [0.717, 1.165) is 38.5 Å². The minimum Gasteiger partial charge on any atom is -0.466 e. The molecule has 2 unspecified atom stereocenters. The Balaban J connectivity index is 3.29. The highest BCUT2D eigenvalue weighted by atomic mass is 16.5. The highest BCUT2D eigenvalue weighted by Gasteiger charge is 2.18. The fourth-order valence-corrected chi connectivity index (χ4v) is 11.1. The Labute approximate surface area is 469 Å². The number of ether oxygens (including phenoxy) is 1. The maximum absolute atomic E-state index is 12.4. The molecule has 446 valence electrons. The monoisotopic (exact) mass is 1060 g/mol. The van der Waals surface area contributed by atoms with Crippen molar-refractivity contribution < 1.29 is 24.5 Å². The number of aliphatic hydroxyl groups is 2. The molecule has 1 amide bonds. The zero-order valence-electron chi connectivity index (χ0n) is 51.1. The van der Waals surface area contributed by atoms with Gasteiger partial charge in [-0.1, -0.05) is 360 Å². The van der Waals surface area contributed by atoms with Gasteiger partial charge in [-0.15, -0.1) is 0 Å². The van der Waals surface area contributed by atoms with Crippen LogP contribution < -0.4 is 5.32 Å². The minimum absolute atomic E-state index is 0.0249. The number of carbonyl (C=O) groups excluding carboxylic acids is 2. The highest BCUT2D eigenvalue weighted by molar-refractivity contribution is 5.76. The summed E-state index contributed by atoms with van der Waals surface area (Å²) in [6, 6.07) is -0.622. The Kier molecular flexibility index (Phi) is 63.9. The van der Waals surface area contributed by atoms with E-state index in [4.69, 9.17) is 4.74 Å². The lowest BCUT2D eigenvalue weighted by Crippen LogP contribution is -2.45. The third kappa shape index (κ3) is 61.7. The lowest BCUT2D eigenvalue weighted by atomic mass is 10.0. The lowest BCUT2D eigenvalue weighted by Gasteiger charge is -2.20. The third-order valence-electron chi connectivity index (χ3n) is 16.3. The first-order chi connectivity index (χ1) is 37.0. The molecule has 0 bridgehead atoms. The van der Waals surface area contributed by atoms with Gasteiger partial charge >= 0.3 is 5.97 Å². The summed E-state index contributed by atoms with van der Waals surface area (Å²) in [5.74, 6) is -0.0392.